The summed E-state index contributed by atoms with van der Waals surface area (Å²) < 4.78 is 5.35. The maximum Gasteiger partial charge on any atom is 0.125 e. The van der Waals surface area contributed by atoms with Crippen LogP contribution in [0.1, 0.15) is 24.0 Å². The Balaban J connectivity index is 2.45. The Morgan fingerprint density at radius 1 is 1.47 bits per heavy atom. The molecule has 1 aromatic carbocycles. The van der Waals surface area contributed by atoms with Crippen molar-refractivity contribution in [1.29, 1.82) is 0 Å². The van der Waals surface area contributed by atoms with Crippen LogP contribution in [0, 0.1) is 6.92 Å². The molecule has 1 aliphatic rings. The van der Waals surface area contributed by atoms with Gasteiger partial charge in [0.15, 0.2) is 0 Å². The number of piperidine rings is 1. The lowest BCUT2D eigenvalue weighted by Crippen LogP contribution is -2.43. The highest BCUT2D eigenvalue weighted by Crippen LogP contribution is 2.37. The minimum atomic E-state index is -0.874. The molecule has 0 aromatic heterocycles. The zero-order chi connectivity index (χ0) is 12.5. The Morgan fingerprint density at radius 2 is 2.24 bits per heavy atom. The molecule has 94 valence electrons. The zero-order valence-corrected chi connectivity index (χ0v) is 11.0. The van der Waals surface area contributed by atoms with Crippen molar-refractivity contribution in [3.05, 3.63) is 28.3 Å². The van der Waals surface area contributed by atoms with Crippen molar-refractivity contribution in [2.75, 3.05) is 20.2 Å². The molecule has 1 saturated heterocycles. The Bertz CT molecular complexity index is 414. The average Bonchev–Trinajstić information content (AvgIpc) is 2.33. The molecular weight excluding hydrogens is 238 g/mol. The summed E-state index contributed by atoms with van der Waals surface area (Å²) in [4.78, 5) is 0. The summed E-state index contributed by atoms with van der Waals surface area (Å²) in [5, 5.41) is 14.5. The van der Waals surface area contributed by atoms with Gasteiger partial charge in [0, 0.05) is 17.1 Å². The molecule has 1 unspecified atom stereocenters. The van der Waals surface area contributed by atoms with Gasteiger partial charge in [-0.15, -0.1) is 0 Å². The molecule has 0 spiro atoms. The smallest absolute Gasteiger partial charge is 0.125 e. The number of aryl methyl sites for hydroxylation is 1. The maximum absolute atomic E-state index is 10.7. The standard InChI is InChI=1S/C13H18ClNO2/c1-9-6-12(17-2)10(7-11(9)14)13(16)4-3-5-15-8-13/h6-7,15-16H,3-5,8H2,1-2H3. The van der Waals surface area contributed by atoms with Crippen LogP contribution in [0.4, 0.5) is 0 Å². The van der Waals surface area contributed by atoms with Crippen LogP contribution in [0.25, 0.3) is 0 Å². The van der Waals surface area contributed by atoms with Gasteiger partial charge in [0.1, 0.15) is 11.4 Å². The number of aliphatic hydroxyl groups is 1. The van der Waals surface area contributed by atoms with Crippen LogP contribution in [0.15, 0.2) is 12.1 Å². The molecule has 2 N–H and O–H groups in total. The zero-order valence-electron chi connectivity index (χ0n) is 10.2. The molecule has 1 fully saturated rings. The summed E-state index contributed by atoms with van der Waals surface area (Å²) >= 11 is 6.14. The van der Waals surface area contributed by atoms with Gasteiger partial charge in [-0.3, -0.25) is 0 Å². The van der Waals surface area contributed by atoms with Crippen LogP contribution in [0.3, 0.4) is 0 Å². The molecule has 0 radical (unpaired) electrons. The highest BCUT2D eigenvalue weighted by atomic mass is 35.5. The summed E-state index contributed by atoms with van der Waals surface area (Å²) in [6.45, 7) is 3.42. The number of halogens is 1. The highest BCUT2D eigenvalue weighted by molar-refractivity contribution is 6.31. The van der Waals surface area contributed by atoms with E-state index in [-0.39, 0.29) is 0 Å². The molecule has 1 aromatic rings. The van der Waals surface area contributed by atoms with Crippen LogP contribution >= 0.6 is 11.6 Å². The predicted octanol–water partition coefficient (Wildman–Crippen LogP) is 2.23. The molecule has 3 nitrogen and oxygen atoms in total. The van der Waals surface area contributed by atoms with Crippen molar-refractivity contribution in [1.82, 2.24) is 5.32 Å². The van der Waals surface area contributed by atoms with E-state index in [2.05, 4.69) is 5.32 Å². The fourth-order valence-electron chi connectivity index (χ4n) is 2.31. The Morgan fingerprint density at radius 3 is 2.82 bits per heavy atom. The van der Waals surface area contributed by atoms with Crippen LogP contribution < -0.4 is 10.1 Å². The number of benzene rings is 1. The number of β-amino-alcohol motifs (C(OH)–C–C–N with tert-alkyl or cyclic N) is 1. The van der Waals surface area contributed by atoms with Crippen molar-refractivity contribution in [2.45, 2.75) is 25.4 Å². The van der Waals surface area contributed by atoms with E-state index < -0.39 is 5.60 Å². The molecule has 0 aliphatic carbocycles. The van der Waals surface area contributed by atoms with E-state index in [4.69, 9.17) is 16.3 Å². The SMILES string of the molecule is COc1cc(C)c(Cl)cc1C1(O)CCCNC1. The monoisotopic (exact) mass is 255 g/mol. The molecular formula is C13H18ClNO2. The number of hydrogen-bond acceptors (Lipinski definition) is 3. The number of nitrogens with one attached hydrogen (secondary N) is 1. The summed E-state index contributed by atoms with van der Waals surface area (Å²) in [7, 11) is 1.62. The average molecular weight is 256 g/mol. The molecule has 1 atom stereocenters. The number of rotatable bonds is 2. The number of hydrogen-bond donors (Lipinski definition) is 2. The number of methoxy groups -OCH3 is 1. The second kappa shape index (κ2) is 4.84. The largest absolute Gasteiger partial charge is 0.496 e. The molecule has 1 heterocycles. The van der Waals surface area contributed by atoms with Crippen LogP contribution in [0.5, 0.6) is 5.75 Å². The minimum absolute atomic E-state index is 0.544. The lowest BCUT2D eigenvalue weighted by molar-refractivity contribution is 0.0102. The minimum Gasteiger partial charge on any atom is -0.496 e. The van der Waals surface area contributed by atoms with E-state index in [1.807, 2.05) is 19.1 Å². The molecule has 4 heteroatoms. The quantitative estimate of drug-likeness (QED) is 0.852. The normalized spacial score (nSPS) is 24.7. The molecule has 1 aliphatic heterocycles. The molecule has 0 bridgehead atoms. The van der Waals surface area contributed by atoms with E-state index in [0.717, 1.165) is 30.5 Å². The van der Waals surface area contributed by atoms with Crippen LogP contribution in [-0.2, 0) is 5.60 Å². The van der Waals surface area contributed by atoms with Gasteiger partial charge in [0.05, 0.1) is 7.11 Å². The van der Waals surface area contributed by atoms with E-state index in [0.29, 0.717) is 17.3 Å². The third-order valence-electron chi connectivity index (χ3n) is 3.34. The fraction of sp³-hybridized carbons (Fsp3) is 0.538. The highest BCUT2D eigenvalue weighted by Gasteiger charge is 2.34. The second-order valence-corrected chi connectivity index (χ2v) is 5.02. The van der Waals surface area contributed by atoms with Crippen molar-refractivity contribution in [3.8, 4) is 5.75 Å². The fourth-order valence-corrected chi connectivity index (χ4v) is 2.47. The molecule has 17 heavy (non-hydrogen) atoms. The van der Waals surface area contributed by atoms with E-state index in [1.165, 1.54) is 0 Å². The van der Waals surface area contributed by atoms with E-state index in [1.54, 1.807) is 7.11 Å². The first-order chi connectivity index (χ1) is 8.07. The van der Waals surface area contributed by atoms with Crippen LogP contribution in [0.2, 0.25) is 5.02 Å². The summed E-state index contributed by atoms with van der Waals surface area (Å²) in [6, 6.07) is 3.70. The van der Waals surface area contributed by atoms with Gasteiger partial charge >= 0.3 is 0 Å². The van der Waals surface area contributed by atoms with Gasteiger partial charge in [-0.1, -0.05) is 11.6 Å². The number of ether oxygens (including phenoxy) is 1. The molecule has 0 saturated carbocycles. The maximum atomic E-state index is 10.7. The van der Waals surface area contributed by atoms with Gasteiger partial charge in [-0.05, 0) is 44.0 Å². The lowest BCUT2D eigenvalue weighted by atomic mass is 9.85. The topological polar surface area (TPSA) is 41.5 Å². The summed E-state index contributed by atoms with van der Waals surface area (Å²) in [5.41, 5.74) is 0.864. The summed E-state index contributed by atoms with van der Waals surface area (Å²) in [5.74, 6) is 0.707. The van der Waals surface area contributed by atoms with Crippen molar-refractivity contribution >= 4 is 11.6 Å². The summed E-state index contributed by atoms with van der Waals surface area (Å²) in [6.07, 6.45) is 1.68. The van der Waals surface area contributed by atoms with Gasteiger partial charge in [0.25, 0.3) is 0 Å². The Labute approximate surface area is 107 Å². The molecule has 0 amide bonds. The van der Waals surface area contributed by atoms with Crippen molar-refractivity contribution in [3.63, 3.8) is 0 Å². The van der Waals surface area contributed by atoms with Gasteiger partial charge in [-0.2, -0.15) is 0 Å². The first kappa shape index (κ1) is 12.7. The van der Waals surface area contributed by atoms with Crippen molar-refractivity contribution < 1.29 is 9.84 Å². The first-order valence-corrected chi connectivity index (χ1v) is 6.22. The van der Waals surface area contributed by atoms with Gasteiger partial charge in [-0.25, -0.2) is 0 Å². The Kier molecular flexibility index (Phi) is 3.61. The molecule has 2 rings (SSSR count). The van der Waals surface area contributed by atoms with Gasteiger partial charge in [0.2, 0.25) is 0 Å². The van der Waals surface area contributed by atoms with E-state index >= 15 is 0 Å². The van der Waals surface area contributed by atoms with Crippen molar-refractivity contribution in [2.24, 2.45) is 0 Å². The van der Waals surface area contributed by atoms with Gasteiger partial charge < -0.3 is 15.2 Å². The third-order valence-corrected chi connectivity index (χ3v) is 3.75. The first-order valence-electron chi connectivity index (χ1n) is 5.84. The second-order valence-electron chi connectivity index (χ2n) is 4.61. The lowest BCUT2D eigenvalue weighted by Gasteiger charge is -2.34. The van der Waals surface area contributed by atoms with E-state index in [9.17, 15) is 5.11 Å². The van der Waals surface area contributed by atoms with Crippen LogP contribution in [-0.4, -0.2) is 25.3 Å². The Hall–Kier alpha value is -0.770. The predicted molar refractivity (Wildman–Crippen MR) is 68.7 cm³/mol. The third kappa shape index (κ3) is 2.41.